The number of carbonyl (C=O) groups is 1. The Morgan fingerprint density at radius 3 is 2.35 bits per heavy atom. The highest BCUT2D eigenvalue weighted by molar-refractivity contribution is 6.08. The minimum atomic E-state index is -0.371. The SMILES string of the molecule is Cc1ccnnc1-c1ccc(N(Cc2ccccc2)C(=O)c2ccc(O)cc2O)cc1. The van der Waals surface area contributed by atoms with E-state index in [4.69, 9.17) is 0 Å². The van der Waals surface area contributed by atoms with Gasteiger partial charge in [0, 0.05) is 23.5 Å². The van der Waals surface area contributed by atoms with Crippen LogP contribution in [0.25, 0.3) is 11.3 Å². The van der Waals surface area contributed by atoms with Crippen LogP contribution in [0.4, 0.5) is 5.69 Å². The lowest BCUT2D eigenvalue weighted by atomic mass is 10.1. The predicted molar refractivity (Wildman–Crippen MR) is 119 cm³/mol. The van der Waals surface area contributed by atoms with E-state index in [1.54, 1.807) is 11.1 Å². The van der Waals surface area contributed by atoms with Gasteiger partial charge >= 0.3 is 0 Å². The highest BCUT2D eigenvalue weighted by Crippen LogP contribution is 2.29. The van der Waals surface area contributed by atoms with E-state index in [1.807, 2.05) is 67.6 Å². The molecule has 0 aliphatic rings. The summed E-state index contributed by atoms with van der Waals surface area (Å²) in [7, 11) is 0. The van der Waals surface area contributed by atoms with Crippen molar-refractivity contribution in [2.75, 3.05) is 4.90 Å². The lowest BCUT2D eigenvalue weighted by Crippen LogP contribution is -2.30. The van der Waals surface area contributed by atoms with Crippen molar-refractivity contribution in [3.63, 3.8) is 0 Å². The molecule has 2 N–H and O–H groups in total. The van der Waals surface area contributed by atoms with E-state index in [9.17, 15) is 15.0 Å². The largest absolute Gasteiger partial charge is 0.508 e. The van der Waals surface area contributed by atoms with Gasteiger partial charge in [-0.25, -0.2) is 0 Å². The number of carbonyl (C=O) groups excluding carboxylic acids is 1. The summed E-state index contributed by atoms with van der Waals surface area (Å²) in [4.78, 5) is 14.9. The first kappa shape index (κ1) is 20.1. The summed E-state index contributed by atoms with van der Waals surface area (Å²) in [6, 6.07) is 23.0. The molecule has 154 valence electrons. The minimum Gasteiger partial charge on any atom is -0.508 e. The Morgan fingerprint density at radius 1 is 0.935 bits per heavy atom. The van der Waals surface area contributed by atoms with Crippen LogP contribution in [-0.2, 0) is 6.54 Å². The summed E-state index contributed by atoms with van der Waals surface area (Å²) in [5, 5.41) is 28.0. The van der Waals surface area contributed by atoms with Gasteiger partial charge in [-0.05, 0) is 48.4 Å². The molecule has 4 rings (SSSR count). The summed E-state index contributed by atoms with van der Waals surface area (Å²) < 4.78 is 0. The van der Waals surface area contributed by atoms with Crippen molar-refractivity contribution in [2.45, 2.75) is 13.5 Å². The van der Waals surface area contributed by atoms with Crippen LogP contribution in [0.5, 0.6) is 11.5 Å². The number of amides is 1. The average Bonchev–Trinajstić information content (AvgIpc) is 2.78. The minimum absolute atomic E-state index is 0.104. The molecule has 1 amide bonds. The fraction of sp³-hybridized carbons (Fsp3) is 0.0800. The third kappa shape index (κ3) is 4.38. The van der Waals surface area contributed by atoms with Crippen LogP contribution < -0.4 is 4.90 Å². The molecule has 4 aromatic rings. The van der Waals surface area contributed by atoms with E-state index in [0.717, 1.165) is 28.5 Å². The summed E-state index contributed by atoms with van der Waals surface area (Å²) in [5.74, 6) is -0.744. The van der Waals surface area contributed by atoms with Crippen LogP contribution >= 0.6 is 0 Å². The maximum atomic E-state index is 13.4. The van der Waals surface area contributed by atoms with Gasteiger partial charge in [-0.3, -0.25) is 4.79 Å². The Morgan fingerprint density at radius 2 is 1.68 bits per heavy atom. The van der Waals surface area contributed by atoms with Crippen molar-refractivity contribution in [1.82, 2.24) is 10.2 Å². The first-order chi connectivity index (χ1) is 15.0. The first-order valence-corrected chi connectivity index (χ1v) is 9.79. The van der Waals surface area contributed by atoms with Crippen LogP contribution in [-0.4, -0.2) is 26.3 Å². The number of aromatic hydroxyl groups is 2. The number of phenolic OH excluding ortho intramolecular Hbond substituents is 2. The van der Waals surface area contributed by atoms with E-state index >= 15 is 0 Å². The summed E-state index contributed by atoms with van der Waals surface area (Å²) in [6.45, 7) is 2.29. The van der Waals surface area contributed by atoms with Crippen molar-refractivity contribution in [2.24, 2.45) is 0 Å². The highest BCUT2D eigenvalue weighted by Gasteiger charge is 2.21. The van der Waals surface area contributed by atoms with Crippen molar-refractivity contribution in [3.8, 4) is 22.8 Å². The van der Waals surface area contributed by atoms with Gasteiger partial charge < -0.3 is 15.1 Å². The Labute approximate surface area is 180 Å². The zero-order chi connectivity index (χ0) is 21.8. The zero-order valence-electron chi connectivity index (χ0n) is 16.9. The van der Waals surface area contributed by atoms with Crippen LogP contribution in [0.2, 0.25) is 0 Å². The third-order valence-electron chi connectivity index (χ3n) is 5.02. The van der Waals surface area contributed by atoms with Gasteiger partial charge in [0.2, 0.25) is 0 Å². The molecule has 0 saturated carbocycles. The van der Waals surface area contributed by atoms with Crippen molar-refractivity contribution >= 4 is 11.6 Å². The van der Waals surface area contributed by atoms with Gasteiger partial charge in [0.15, 0.2) is 0 Å². The van der Waals surface area contributed by atoms with E-state index in [1.165, 1.54) is 12.1 Å². The number of phenols is 2. The Balaban J connectivity index is 1.72. The second-order valence-corrected chi connectivity index (χ2v) is 7.19. The van der Waals surface area contributed by atoms with Gasteiger partial charge in [0.25, 0.3) is 5.91 Å². The molecular weight excluding hydrogens is 390 g/mol. The number of aromatic nitrogens is 2. The second-order valence-electron chi connectivity index (χ2n) is 7.19. The molecule has 1 aromatic heterocycles. The smallest absolute Gasteiger partial charge is 0.262 e. The molecule has 0 aliphatic carbocycles. The zero-order valence-corrected chi connectivity index (χ0v) is 16.9. The van der Waals surface area contributed by atoms with Crippen molar-refractivity contribution in [1.29, 1.82) is 0 Å². The standard InChI is InChI=1S/C25H21N3O3/c1-17-13-14-26-27-24(17)19-7-9-20(10-8-19)28(16-18-5-3-2-4-6-18)25(31)22-12-11-21(29)15-23(22)30/h2-15,29-30H,16H2,1H3. The summed E-state index contributed by atoms with van der Waals surface area (Å²) in [6.07, 6.45) is 1.65. The van der Waals surface area contributed by atoms with E-state index in [2.05, 4.69) is 10.2 Å². The van der Waals surface area contributed by atoms with Crippen LogP contribution in [0, 0.1) is 6.92 Å². The number of aryl methyl sites for hydroxylation is 1. The lowest BCUT2D eigenvalue weighted by molar-refractivity contribution is 0.0982. The summed E-state index contributed by atoms with van der Waals surface area (Å²) in [5.41, 5.74) is 4.42. The monoisotopic (exact) mass is 411 g/mol. The molecule has 3 aromatic carbocycles. The average molecular weight is 411 g/mol. The molecular formula is C25H21N3O3. The van der Waals surface area contributed by atoms with Gasteiger partial charge in [0.1, 0.15) is 11.5 Å². The Bertz CT molecular complexity index is 1210. The number of hydrogen-bond donors (Lipinski definition) is 2. The quantitative estimate of drug-likeness (QED) is 0.497. The fourth-order valence-corrected chi connectivity index (χ4v) is 3.37. The van der Waals surface area contributed by atoms with Crippen LogP contribution in [0.3, 0.4) is 0 Å². The number of hydrogen-bond acceptors (Lipinski definition) is 5. The van der Waals surface area contributed by atoms with Gasteiger partial charge in [-0.2, -0.15) is 10.2 Å². The fourth-order valence-electron chi connectivity index (χ4n) is 3.37. The van der Waals surface area contributed by atoms with E-state index in [-0.39, 0.29) is 23.0 Å². The predicted octanol–water partition coefficient (Wildman–Crippen LogP) is 4.71. The molecule has 0 unspecified atom stereocenters. The Kier molecular flexibility index (Phi) is 5.62. The normalized spacial score (nSPS) is 10.6. The van der Waals surface area contributed by atoms with Gasteiger partial charge in [-0.15, -0.1) is 0 Å². The first-order valence-electron chi connectivity index (χ1n) is 9.79. The molecule has 0 spiro atoms. The molecule has 0 fully saturated rings. The van der Waals surface area contributed by atoms with Crippen LogP contribution in [0.15, 0.2) is 85.1 Å². The molecule has 0 aliphatic heterocycles. The number of rotatable bonds is 5. The lowest BCUT2D eigenvalue weighted by Gasteiger charge is -2.24. The molecule has 6 nitrogen and oxygen atoms in total. The second kappa shape index (κ2) is 8.67. The topological polar surface area (TPSA) is 86.6 Å². The molecule has 0 bridgehead atoms. The molecule has 0 radical (unpaired) electrons. The number of anilines is 1. The summed E-state index contributed by atoms with van der Waals surface area (Å²) >= 11 is 0. The maximum absolute atomic E-state index is 13.4. The molecule has 0 saturated heterocycles. The number of benzene rings is 3. The van der Waals surface area contributed by atoms with Crippen molar-refractivity contribution < 1.29 is 15.0 Å². The van der Waals surface area contributed by atoms with E-state index < -0.39 is 0 Å². The Hall–Kier alpha value is -4.19. The van der Waals surface area contributed by atoms with Gasteiger partial charge in [-0.1, -0.05) is 42.5 Å². The molecule has 1 heterocycles. The third-order valence-corrected chi connectivity index (χ3v) is 5.02. The number of nitrogens with zero attached hydrogens (tertiary/aromatic N) is 3. The van der Waals surface area contributed by atoms with Gasteiger partial charge in [0.05, 0.1) is 17.8 Å². The molecule has 6 heteroatoms. The van der Waals surface area contributed by atoms with Crippen molar-refractivity contribution in [3.05, 3.63) is 102 Å². The highest BCUT2D eigenvalue weighted by atomic mass is 16.3. The molecule has 31 heavy (non-hydrogen) atoms. The molecule has 0 atom stereocenters. The van der Waals surface area contributed by atoms with E-state index in [0.29, 0.717) is 12.2 Å². The van der Waals surface area contributed by atoms with Crippen LogP contribution in [0.1, 0.15) is 21.5 Å². The maximum Gasteiger partial charge on any atom is 0.262 e.